The van der Waals surface area contributed by atoms with Crippen LogP contribution in [0.4, 0.5) is 0 Å². The summed E-state index contributed by atoms with van der Waals surface area (Å²) in [5, 5.41) is 3.83. The van der Waals surface area contributed by atoms with Crippen molar-refractivity contribution in [3.8, 4) is 11.5 Å². The fourth-order valence-electron chi connectivity index (χ4n) is 3.52. The molecule has 1 aromatic rings. The summed E-state index contributed by atoms with van der Waals surface area (Å²) in [6.45, 7) is 4.91. The number of hydrogen-bond donors (Lipinski definition) is 1. The smallest absolute Gasteiger partial charge is 0.231 e. The van der Waals surface area contributed by atoms with Gasteiger partial charge < -0.3 is 14.8 Å². The second-order valence-corrected chi connectivity index (χ2v) is 6.06. The first-order valence-corrected chi connectivity index (χ1v) is 7.93. The molecule has 1 saturated carbocycles. The van der Waals surface area contributed by atoms with Crippen LogP contribution in [0, 0.1) is 5.92 Å². The summed E-state index contributed by atoms with van der Waals surface area (Å²) >= 11 is 0. The van der Waals surface area contributed by atoms with Crippen molar-refractivity contribution >= 4 is 0 Å². The van der Waals surface area contributed by atoms with Crippen molar-refractivity contribution in [3.63, 3.8) is 0 Å². The summed E-state index contributed by atoms with van der Waals surface area (Å²) in [6.07, 6.45) is 6.73. The molecule has 1 aliphatic carbocycles. The van der Waals surface area contributed by atoms with E-state index in [1.165, 1.54) is 37.7 Å². The summed E-state index contributed by atoms with van der Waals surface area (Å²) < 4.78 is 10.8. The average molecular weight is 275 g/mol. The number of rotatable bonds is 4. The molecule has 3 heteroatoms. The molecule has 1 heterocycles. The Hall–Kier alpha value is -1.22. The van der Waals surface area contributed by atoms with Crippen LogP contribution in [0.2, 0.25) is 0 Å². The average Bonchev–Trinajstić information content (AvgIpc) is 2.95. The van der Waals surface area contributed by atoms with Crippen LogP contribution in [0.5, 0.6) is 11.5 Å². The van der Waals surface area contributed by atoms with E-state index in [0.29, 0.717) is 18.9 Å². The van der Waals surface area contributed by atoms with Crippen LogP contribution >= 0.6 is 0 Å². The first-order valence-electron chi connectivity index (χ1n) is 7.93. The predicted molar refractivity (Wildman–Crippen MR) is 80.2 cm³/mol. The maximum atomic E-state index is 5.47. The third kappa shape index (κ3) is 2.78. The molecule has 0 saturated heterocycles. The third-order valence-electron chi connectivity index (χ3n) is 4.79. The largest absolute Gasteiger partial charge is 0.454 e. The molecule has 2 aliphatic rings. The second-order valence-electron chi connectivity index (χ2n) is 6.06. The van der Waals surface area contributed by atoms with E-state index < -0.39 is 0 Å². The second kappa shape index (κ2) is 6.04. The molecule has 1 aliphatic heterocycles. The summed E-state index contributed by atoms with van der Waals surface area (Å²) in [5.74, 6) is 2.58. The Morgan fingerprint density at radius 2 is 2.00 bits per heavy atom. The Morgan fingerprint density at radius 1 is 1.20 bits per heavy atom. The third-order valence-corrected chi connectivity index (χ3v) is 4.79. The van der Waals surface area contributed by atoms with Crippen LogP contribution in [-0.2, 0) is 0 Å². The van der Waals surface area contributed by atoms with E-state index in [1.807, 2.05) is 6.07 Å². The predicted octanol–water partition coefficient (Wildman–Crippen LogP) is 4.03. The van der Waals surface area contributed by atoms with Gasteiger partial charge in [-0.25, -0.2) is 0 Å². The van der Waals surface area contributed by atoms with Crippen LogP contribution in [0.25, 0.3) is 0 Å². The van der Waals surface area contributed by atoms with E-state index in [9.17, 15) is 0 Å². The van der Waals surface area contributed by atoms with Gasteiger partial charge in [0, 0.05) is 12.1 Å². The lowest BCUT2D eigenvalue weighted by molar-refractivity contribution is 0.174. The van der Waals surface area contributed by atoms with E-state index in [-0.39, 0.29) is 0 Å². The van der Waals surface area contributed by atoms with Crippen molar-refractivity contribution in [1.29, 1.82) is 0 Å². The van der Waals surface area contributed by atoms with Gasteiger partial charge in [-0.1, -0.05) is 32.3 Å². The zero-order valence-corrected chi connectivity index (χ0v) is 12.5. The first-order chi connectivity index (χ1) is 9.78. The van der Waals surface area contributed by atoms with Crippen LogP contribution in [0.3, 0.4) is 0 Å². The molecule has 3 atom stereocenters. The van der Waals surface area contributed by atoms with E-state index >= 15 is 0 Å². The molecular formula is C17H25NO2. The van der Waals surface area contributed by atoms with Gasteiger partial charge in [0.1, 0.15) is 0 Å². The molecule has 0 amide bonds. The highest BCUT2D eigenvalue weighted by molar-refractivity contribution is 5.45. The molecule has 20 heavy (non-hydrogen) atoms. The van der Waals surface area contributed by atoms with Gasteiger partial charge in [0.15, 0.2) is 11.5 Å². The van der Waals surface area contributed by atoms with Crippen molar-refractivity contribution in [1.82, 2.24) is 5.32 Å². The van der Waals surface area contributed by atoms with E-state index in [2.05, 4.69) is 31.3 Å². The molecule has 3 rings (SSSR count). The maximum absolute atomic E-state index is 5.47. The molecule has 1 N–H and O–H groups in total. The van der Waals surface area contributed by atoms with E-state index in [4.69, 9.17) is 9.47 Å². The lowest BCUT2D eigenvalue weighted by Crippen LogP contribution is -2.39. The van der Waals surface area contributed by atoms with Gasteiger partial charge in [0.2, 0.25) is 6.79 Å². The highest BCUT2D eigenvalue weighted by atomic mass is 16.7. The Bertz CT molecular complexity index is 460. The Morgan fingerprint density at radius 3 is 2.85 bits per heavy atom. The SMILES string of the molecule is CCC1CCCCC1NC(C)c1ccc2c(c1)OCO2. The van der Waals surface area contributed by atoms with Gasteiger partial charge >= 0.3 is 0 Å². The first kappa shape index (κ1) is 13.7. The lowest BCUT2D eigenvalue weighted by atomic mass is 9.82. The van der Waals surface area contributed by atoms with Crippen molar-refractivity contribution in [2.45, 2.75) is 58.0 Å². The topological polar surface area (TPSA) is 30.5 Å². The van der Waals surface area contributed by atoms with Gasteiger partial charge in [-0.2, -0.15) is 0 Å². The molecule has 0 bridgehead atoms. The van der Waals surface area contributed by atoms with Crippen LogP contribution in [-0.4, -0.2) is 12.8 Å². The maximum Gasteiger partial charge on any atom is 0.231 e. The minimum Gasteiger partial charge on any atom is -0.454 e. The summed E-state index contributed by atoms with van der Waals surface area (Å²) in [5.41, 5.74) is 1.29. The van der Waals surface area contributed by atoms with Crippen molar-refractivity contribution in [2.75, 3.05) is 6.79 Å². The van der Waals surface area contributed by atoms with E-state index in [1.54, 1.807) is 0 Å². The molecule has 0 aromatic heterocycles. The molecular weight excluding hydrogens is 250 g/mol. The van der Waals surface area contributed by atoms with Crippen LogP contribution in [0.15, 0.2) is 18.2 Å². The fraction of sp³-hybridized carbons (Fsp3) is 0.647. The quantitative estimate of drug-likeness (QED) is 0.899. The van der Waals surface area contributed by atoms with Crippen molar-refractivity contribution in [3.05, 3.63) is 23.8 Å². The highest BCUT2D eigenvalue weighted by Gasteiger charge is 2.25. The monoisotopic (exact) mass is 275 g/mol. The normalized spacial score (nSPS) is 26.5. The fourth-order valence-corrected chi connectivity index (χ4v) is 3.52. The minimum atomic E-state index is 0.348. The van der Waals surface area contributed by atoms with Crippen molar-refractivity contribution in [2.24, 2.45) is 5.92 Å². The number of nitrogens with one attached hydrogen (secondary N) is 1. The number of benzene rings is 1. The van der Waals surface area contributed by atoms with Gasteiger partial charge in [-0.05, 0) is 43.4 Å². The Kier molecular flexibility index (Phi) is 4.16. The van der Waals surface area contributed by atoms with Gasteiger partial charge in [-0.15, -0.1) is 0 Å². The van der Waals surface area contributed by atoms with Crippen molar-refractivity contribution < 1.29 is 9.47 Å². The lowest BCUT2D eigenvalue weighted by Gasteiger charge is -2.34. The molecule has 1 fully saturated rings. The number of hydrogen-bond acceptors (Lipinski definition) is 3. The zero-order valence-electron chi connectivity index (χ0n) is 12.5. The standard InChI is InChI=1S/C17H25NO2/c1-3-13-6-4-5-7-15(13)18-12(2)14-8-9-16-17(10-14)20-11-19-16/h8-10,12-13,15,18H,3-7,11H2,1-2H3. The van der Waals surface area contributed by atoms with E-state index in [0.717, 1.165) is 17.4 Å². The number of ether oxygens (including phenoxy) is 2. The molecule has 3 unspecified atom stereocenters. The molecule has 0 spiro atoms. The molecule has 110 valence electrons. The zero-order chi connectivity index (χ0) is 13.9. The summed E-state index contributed by atoms with van der Waals surface area (Å²) in [4.78, 5) is 0. The Balaban J connectivity index is 1.67. The highest BCUT2D eigenvalue weighted by Crippen LogP contribution is 2.35. The van der Waals surface area contributed by atoms with Crippen LogP contribution < -0.4 is 14.8 Å². The summed E-state index contributed by atoms with van der Waals surface area (Å²) in [6, 6.07) is 7.31. The molecule has 0 radical (unpaired) electrons. The molecule has 3 nitrogen and oxygen atoms in total. The Labute approximate surface area is 121 Å². The van der Waals surface area contributed by atoms with Gasteiger partial charge in [0.25, 0.3) is 0 Å². The summed E-state index contributed by atoms with van der Waals surface area (Å²) in [7, 11) is 0. The number of fused-ring (bicyclic) bond motifs is 1. The minimum absolute atomic E-state index is 0.348. The van der Waals surface area contributed by atoms with Gasteiger partial charge in [-0.3, -0.25) is 0 Å². The van der Waals surface area contributed by atoms with Crippen LogP contribution in [0.1, 0.15) is 57.6 Å². The van der Waals surface area contributed by atoms with Gasteiger partial charge in [0.05, 0.1) is 0 Å². The molecule has 1 aromatic carbocycles.